The van der Waals surface area contributed by atoms with Crippen LogP contribution in [0.1, 0.15) is 98.8 Å². The van der Waals surface area contributed by atoms with Gasteiger partial charge in [-0.1, -0.05) is 53.9 Å². The summed E-state index contributed by atoms with van der Waals surface area (Å²) in [5.74, 6) is -1.23. The van der Waals surface area contributed by atoms with Crippen molar-refractivity contribution in [3.63, 3.8) is 0 Å². The maximum absolute atomic E-state index is 12.7. The molecule has 8 atom stereocenters. The number of ketones is 1. The molecule has 5 nitrogen and oxygen atoms in total. The van der Waals surface area contributed by atoms with Crippen molar-refractivity contribution in [3.05, 3.63) is 0 Å². The molecule has 3 aliphatic carbocycles. The second-order valence-corrected chi connectivity index (χ2v) is 12.2. The Morgan fingerprint density at radius 2 is 1.59 bits per heavy atom. The SMILES string of the molecule is CC(C)CCC[C@@H](C)[C@H]1CC[C@H]2[C@H](C(=O)O)[C@@H]([C@@]3(C)CCC(=O)C[C@H]3C(=O)O)CC[C@]12C. The fourth-order valence-electron chi connectivity index (χ4n) is 8.21. The Morgan fingerprint density at radius 3 is 2.19 bits per heavy atom. The van der Waals surface area contributed by atoms with Crippen LogP contribution < -0.4 is 0 Å². The van der Waals surface area contributed by atoms with Crippen LogP contribution in [0.3, 0.4) is 0 Å². The number of Topliss-reactive ketones (excluding diaryl/α,β-unsaturated/α-hetero) is 1. The van der Waals surface area contributed by atoms with E-state index < -0.39 is 29.2 Å². The lowest BCUT2D eigenvalue weighted by molar-refractivity contribution is -0.169. The van der Waals surface area contributed by atoms with Gasteiger partial charge in [-0.05, 0) is 72.5 Å². The summed E-state index contributed by atoms with van der Waals surface area (Å²) in [7, 11) is 0. The van der Waals surface area contributed by atoms with E-state index in [0.717, 1.165) is 25.7 Å². The molecule has 0 aromatic carbocycles. The first kappa shape index (κ1) is 25.2. The molecule has 0 saturated heterocycles. The van der Waals surface area contributed by atoms with Crippen molar-refractivity contribution in [1.82, 2.24) is 0 Å². The lowest BCUT2D eigenvalue weighted by atomic mass is 9.48. The summed E-state index contributed by atoms with van der Waals surface area (Å²) in [6, 6.07) is 0. The van der Waals surface area contributed by atoms with E-state index in [9.17, 15) is 24.6 Å². The molecule has 0 aliphatic heterocycles. The van der Waals surface area contributed by atoms with Crippen molar-refractivity contribution in [2.24, 2.45) is 52.3 Å². The van der Waals surface area contributed by atoms with Gasteiger partial charge in [0.25, 0.3) is 0 Å². The second kappa shape index (κ2) is 9.46. The molecule has 0 unspecified atom stereocenters. The Kier molecular flexibility index (Phi) is 7.46. The maximum atomic E-state index is 12.7. The Bertz CT molecular complexity index is 730. The Labute approximate surface area is 193 Å². The molecule has 5 heteroatoms. The average Bonchev–Trinajstić information content (AvgIpc) is 3.05. The Hall–Kier alpha value is -1.39. The highest BCUT2D eigenvalue weighted by Gasteiger charge is 2.61. The van der Waals surface area contributed by atoms with Gasteiger partial charge in [0.15, 0.2) is 0 Å². The van der Waals surface area contributed by atoms with Gasteiger partial charge in [0.05, 0.1) is 11.8 Å². The predicted molar refractivity (Wildman–Crippen MR) is 124 cm³/mol. The second-order valence-electron chi connectivity index (χ2n) is 12.2. The van der Waals surface area contributed by atoms with Crippen molar-refractivity contribution >= 4 is 17.7 Å². The summed E-state index contributed by atoms with van der Waals surface area (Å²) < 4.78 is 0. The summed E-state index contributed by atoms with van der Waals surface area (Å²) in [5.41, 5.74) is -0.624. The third-order valence-corrected chi connectivity index (χ3v) is 10.1. The molecule has 0 aromatic rings. The third kappa shape index (κ3) is 4.50. The Morgan fingerprint density at radius 1 is 0.938 bits per heavy atom. The smallest absolute Gasteiger partial charge is 0.307 e. The van der Waals surface area contributed by atoms with E-state index in [1.807, 2.05) is 6.92 Å². The highest BCUT2D eigenvalue weighted by atomic mass is 16.4. The zero-order valence-corrected chi connectivity index (χ0v) is 20.7. The fraction of sp³-hybridized carbons (Fsp3) is 0.889. The molecule has 3 rings (SSSR count). The number of carboxylic acid groups (broad SMARTS) is 2. The van der Waals surface area contributed by atoms with Gasteiger partial charge in [0.1, 0.15) is 5.78 Å². The topological polar surface area (TPSA) is 91.7 Å². The first-order valence-corrected chi connectivity index (χ1v) is 12.9. The Balaban J connectivity index is 1.85. The molecule has 0 bridgehead atoms. The minimum Gasteiger partial charge on any atom is -0.481 e. The van der Waals surface area contributed by atoms with Crippen LogP contribution in [-0.4, -0.2) is 27.9 Å². The highest BCUT2D eigenvalue weighted by Crippen LogP contribution is 2.65. The van der Waals surface area contributed by atoms with Crippen molar-refractivity contribution in [2.45, 2.75) is 98.8 Å². The van der Waals surface area contributed by atoms with Gasteiger partial charge >= 0.3 is 11.9 Å². The number of aliphatic carboxylic acids is 2. The van der Waals surface area contributed by atoms with Crippen LogP contribution in [0.5, 0.6) is 0 Å². The van der Waals surface area contributed by atoms with Gasteiger partial charge in [-0.25, -0.2) is 0 Å². The molecular formula is C27H44O5. The average molecular weight is 449 g/mol. The monoisotopic (exact) mass is 448 g/mol. The van der Waals surface area contributed by atoms with Gasteiger partial charge < -0.3 is 10.2 Å². The van der Waals surface area contributed by atoms with E-state index in [-0.39, 0.29) is 29.5 Å². The van der Waals surface area contributed by atoms with Crippen LogP contribution in [0.15, 0.2) is 0 Å². The van der Waals surface area contributed by atoms with Crippen LogP contribution in [0.25, 0.3) is 0 Å². The molecule has 0 aromatic heterocycles. The van der Waals surface area contributed by atoms with Crippen LogP contribution in [0, 0.1) is 52.3 Å². The molecular weight excluding hydrogens is 404 g/mol. The van der Waals surface area contributed by atoms with E-state index in [2.05, 4.69) is 27.7 Å². The van der Waals surface area contributed by atoms with Gasteiger partial charge in [-0.15, -0.1) is 0 Å². The zero-order chi connectivity index (χ0) is 23.8. The van der Waals surface area contributed by atoms with Crippen molar-refractivity contribution in [2.75, 3.05) is 0 Å². The van der Waals surface area contributed by atoms with Crippen LogP contribution in [0.4, 0.5) is 0 Å². The number of hydrogen-bond acceptors (Lipinski definition) is 3. The van der Waals surface area contributed by atoms with Gasteiger partial charge in [-0.3, -0.25) is 14.4 Å². The number of carbonyl (C=O) groups is 3. The van der Waals surface area contributed by atoms with Crippen molar-refractivity contribution in [1.29, 1.82) is 0 Å². The maximum Gasteiger partial charge on any atom is 0.307 e. The van der Waals surface area contributed by atoms with Crippen molar-refractivity contribution in [3.8, 4) is 0 Å². The van der Waals surface area contributed by atoms with Gasteiger partial charge in [0, 0.05) is 12.8 Å². The standard InChI is InChI=1S/C27H44O5/c1-16(2)7-6-8-17(3)19-9-10-20-23(25(31)32)21(12-14-26(19,20)4)27(5)13-11-18(28)15-22(27)24(29)30/h16-17,19-23H,6-15H2,1-5H3,(H,29,30)(H,31,32)/t17-,19-,20+,21+,22+,23+,26-,27-/m1/s1. The number of carbonyl (C=O) groups excluding carboxylic acids is 1. The van der Waals surface area contributed by atoms with Crippen LogP contribution >= 0.6 is 0 Å². The quantitative estimate of drug-likeness (QED) is 0.471. The third-order valence-electron chi connectivity index (χ3n) is 10.1. The van der Waals surface area contributed by atoms with E-state index in [4.69, 9.17) is 0 Å². The molecule has 3 saturated carbocycles. The molecule has 3 fully saturated rings. The predicted octanol–water partition coefficient (Wildman–Crippen LogP) is 6.05. The summed E-state index contributed by atoms with van der Waals surface area (Å²) in [6.07, 6.45) is 8.33. The number of carboxylic acids is 2. The molecule has 0 amide bonds. The summed E-state index contributed by atoms with van der Waals surface area (Å²) in [4.78, 5) is 36.9. The molecule has 3 aliphatic rings. The summed E-state index contributed by atoms with van der Waals surface area (Å²) >= 11 is 0. The largest absolute Gasteiger partial charge is 0.481 e. The highest BCUT2D eigenvalue weighted by molar-refractivity contribution is 5.86. The fourth-order valence-corrected chi connectivity index (χ4v) is 8.21. The van der Waals surface area contributed by atoms with Crippen LogP contribution in [-0.2, 0) is 14.4 Å². The normalized spacial score (nSPS) is 40.8. The van der Waals surface area contributed by atoms with E-state index in [0.29, 0.717) is 30.6 Å². The summed E-state index contributed by atoms with van der Waals surface area (Å²) in [5, 5.41) is 20.3. The first-order chi connectivity index (χ1) is 14.9. The van der Waals surface area contributed by atoms with Gasteiger partial charge in [0.2, 0.25) is 0 Å². The molecule has 182 valence electrons. The first-order valence-electron chi connectivity index (χ1n) is 12.9. The zero-order valence-electron chi connectivity index (χ0n) is 20.7. The van der Waals surface area contributed by atoms with E-state index >= 15 is 0 Å². The lowest BCUT2D eigenvalue weighted by Gasteiger charge is -2.55. The number of hydrogen-bond donors (Lipinski definition) is 2. The minimum absolute atomic E-state index is 0.00134. The molecule has 0 heterocycles. The van der Waals surface area contributed by atoms with Crippen LogP contribution in [0.2, 0.25) is 0 Å². The summed E-state index contributed by atoms with van der Waals surface area (Å²) in [6.45, 7) is 11.2. The van der Waals surface area contributed by atoms with Crippen molar-refractivity contribution < 1.29 is 24.6 Å². The molecule has 32 heavy (non-hydrogen) atoms. The molecule has 0 radical (unpaired) electrons. The van der Waals surface area contributed by atoms with E-state index in [1.165, 1.54) is 19.3 Å². The number of rotatable bonds is 8. The van der Waals surface area contributed by atoms with Gasteiger partial charge in [-0.2, -0.15) is 0 Å². The molecule has 2 N–H and O–H groups in total. The minimum atomic E-state index is -0.943. The molecule has 0 spiro atoms. The number of fused-ring (bicyclic) bond motifs is 1. The van der Waals surface area contributed by atoms with E-state index in [1.54, 1.807) is 0 Å². The lowest BCUT2D eigenvalue weighted by Crippen LogP contribution is -2.54.